The molecule has 5 nitrogen and oxygen atoms in total. The quantitative estimate of drug-likeness (QED) is 0.794. The van der Waals surface area contributed by atoms with Crippen LogP contribution in [0.4, 0.5) is 0 Å². The van der Waals surface area contributed by atoms with Crippen molar-refractivity contribution in [1.82, 2.24) is 4.57 Å². The average Bonchev–Trinajstić information content (AvgIpc) is 2.91. The Morgan fingerprint density at radius 1 is 1.25 bits per heavy atom. The molecule has 0 radical (unpaired) electrons. The van der Waals surface area contributed by atoms with Gasteiger partial charge in [0.1, 0.15) is 11.6 Å². The van der Waals surface area contributed by atoms with Crippen LogP contribution < -0.4 is 15.0 Å². The molecule has 1 aromatic carbocycles. The summed E-state index contributed by atoms with van der Waals surface area (Å²) in [4.78, 5) is 12.3. The second kappa shape index (κ2) is 4.42. The van der Waals surface area contributed by atoms with Crippen LogP contribution in [0.2, 0.25) is 0 Å². The summed E-state index contributed by atoms with van der Waals surface area (Å²) in [6.07, 6.45) is 1.73. The van der Waals surface area contributed by atoms with Crippen LogP contribution in [-0.4, -0.2) is 11.4 Å². The first-order valence-corrected chi connectivity index (χ1v) is 6.15. The first-order valence-electron chi connectivity index (χ1n) is 6.15. The number of pyridine rings is 1. The molecule has 0 amide bonds. The molecule has 0 N–H and O–H groups in total. The summed E-state index contributed by atoms with van der Waals surface area (Å²) < 4.78 is 12.0. The minimum Gasteiger partial charge on any atom is -0.454 e. The molecular formula is C15H12N2O3. The molecule has 2 aromatic rings. The van der Waals surface area contributed by atoms with Crippen molar-refractivity contribution in [1.29, 1.82) is 5.26 Å². The lowest BCUT2D eigenvalue weighted by atomic mass is 10.1. The van der Waals surface area contributed by atoms with Gasteiger partial charge in [-0.2, -0.15) is 5.26 Å². The van der Waals surface area contributed by atoms with Crippen LogP contribution in [0.1, 0.15) is 16.7 Å². The van der Waals surface area contributed by atoms with E-state index < -0.39 is 0 Å². The molecule has 20 heavy (non-hydrogen) atoms. The summed E-state index contributed by atoms with van der Waals surface area (Å²) in [5.74, 6) is 1.26. The van der Waals surface area contributed by atoms with Crippen LogP contribution in [0.3, 0.4) is 0 Å². The maximum absolute atomic E-state index is 12.3. The Morgan fingerprint density at radius 2 is 2.00 bits per heavy atom. The van der Waals surface area contributed by atoms with Gasteiger partial charge >= 0.3 is 0 Å². The van der Waals surface area contributed by atoms with E-state index >= 15 is 0 Å². The van der Waals surface area contributed by atoms with Gasteiger partial charge in [0.15, 0.2) is 11.5 Å². The number of benzene rings is 1. The highest BCUT2D eigenvalue weighted by Crippen LogP contribution is 2.33. The number of rotatable bonds is 1. The van der Waals surface area contributed by atoms with E-state index in [9.17, 15) is 4.79 Å². The van der Waals surface area contributed by atoms with E-state index in [1.807, 2.05) is 13.0 Å². The molecule has 0 atom stereocenters. The van der Waals surface area contributed by atoms with Crippen LogP contribution in [-0.2, 0) is 0 Å². The topological polar surface area (TPSA) is 64.2 Å². The van der Waals surface area contributed by atoms with Crippen molar-refractivity contribution in [3.05, 3.63) is 51.4 Å². The van der Waals surface area contributed by atoms with E-state index in [1.165, 1.54) is 4.57 Å². The van der Waals surface area contributed by atoms with Crippen LogP contribution in [0.25, 0.3) is 5.69 Å². The summed E-state index contributed by atoms with van der Waals surface area (Å²) in [6.45, 7) is 3.84. The van der Waals surface area contributed by atoms with Crippen molar-refractivity contribution in [3.8, 4) is 23.3 Å². The van der Waals surface area contributed by atoms with Gasteiger partial charge in [0.2, 0.25) is 6.79 Å². The Balaban J connectivity index is 2.23. The van der Waals surface area contributed by atoms with Crippen molar-refractivity contribution in [3.63, 3.8) is 0 Å². The average molecular weight is 268 g/mol. The molecule has 0 aliphatic carbocycles. The van der Waals surface area contributed by atoms with Gasteiger partial charge in [-0.05, 0) is 37.1 Å². The Morgan fingerprint density at radius 3 is 2.75 bits per heavy atom. The molecule has 3 rings (SSSR count). The van der Waals surface area contributed by atoms with Crippen LogP contribution in [0.5, 0.6) is 11.5 Å². The molecule has 100 valence electrons. The van der Waals surface area contributed by atoms with E-state index in [1.54, 1.807) is 31.3 Å². The lowest BCUT2D eigenvalue weighted by Crippen LogP contribution is -2.22. The second-order valence-electron chi connectivity index (χ2n) is 4.64. The van der Waals surface area contributed by atoms with E-state index in [4.69, 9.17) is 14.7 Å². The van der Waals surface area contributed by atoms with Gasteiger partial charge in [0.25, 0.3) is 5.56 Å². The molecule has 2 heterocycles. The second-order valence-corrected chi connectivity index (χ2v) is 4.64. The molecule has 0 saturated carbocycles. The minimum atomic E-state index is -0.325. The van der Waals surface area contributed by atoms with E-state index in [2.05, 4.69) is 0 Å². The van der Waals surface area contributed by atoms with Gasteiger partial charge in [-0.25, -0.2) is 0 Å². The predicted octanol–water partition coefficient (Wildman–Crippen LogP) is 2.05. The highest BCUT2D eigenvalue weighted by molar-refractivity contribution is 5.51. The molecule has 0 spiro atoms. The van der Waals surface area contributed by atoms with Crippen molar-refractivity contribution in [2.24, 2.45) is 0 Å². The van der Waals surface area contributed by atoms with E-state index in [0.29, 0.717) is 17.2 Å². The van der Waals surface area contributed by atoms with Crippen LogP contribution in [0.15, 0.2) is 29.2 Å². The maximum Gasteiger partial charge on any atom is 0.273 e. The number of aromatic nitrogens is 1. The summed E-state index contributed by atoms with van der Waals surface area (Å²) in [5.41, 5.74) is 2.10. The predicted molar refractivity (Wildman–Crippen MR) is 72.4 cm³/mol. The molecule has 1 aliphatic heterocycles. The van der Waals surface area contributed by atoms with E-state index in [0.717, 1.165) is 11.1 Å². The fraction of sp³-hybridized carbons (Fsp3) is 0.200. The van der Waals surface area contributed by atoms with Crippen molar-refractivity contribution >= 4 is 0 Å². The fourth-order valence-corrected chi connectivity index (χ4v) is 2.19. The minimum absolute atomic E-state index is 0.169. The van der Waals surface area contributed by atoms with Gasteiger partial charge in [-0.1, -0.05) is 0 Å². The van der Waals surface area contributed by atoms with Crippen LogP contribution in [0, 0.1) is 25.2 Å². The fourth-order valence-electron chi connectivity index (χ4n) is 2.19. The lowest BCUT2D eigenvalue weighted by Gasteiger charge is -2.10. The third-order valence-electron chi connectivity index (χ3n) is 3.47. The first kappa shape index (κ1) is 12.3. The van der Waals surface area contributed by atoms with Gasteiger partial charge in [-0.15, -0.1) is 0 Å². The first-order chi connectivity index (χ1) is 9.61. The summed E-state index contributed by atoms with van der Waals surface area (Å²) in [6, 6.07) is 7.24. The van der Waals surface area contributed by atoms with Crippen LogP contribution >= 0.6 is 0 Å². The Labute approximate surface area is 115 Å². The molecule has 1 aromatic heterocycles. The number of hydrogen-bond acceptors (Lipinski definition) is 4. The number of fused-ring (bicyclic) bond motifs is 1. The Bertz CT molecular complexity index is 800. The van der Waals surface area contributed by atoms with Crippen molar-refractivity contribution < 1.29 is 9.47 Å². The highest BCUT2D eigenvalue weighted by Gasteiger charge is 2.16. The molecule has 0 unspecified atom stereocenters. The standard InChI is InChI=1S/C15H12N2O3/c1-9-7-17(15(18)12(6-16)10(9)2)11-3-4-13-14(5-11)20-8-19-13/h3-5,7H,8H2,1-2H3. The van der Waals surface area contributed by atoms with Gasteiger partial charge in [0, 0.05) is 12.3 Å². The van der Waals surface area contributed by atoms with Crippen molar-refractivity contribution in [2.75, 3.05) is 6.79 Å². The SMILES string of the molecule is Cc1cn(-c2ccc3c(c2)OCO3)c(=O)c(C#N)c1C. The molecule has 0 bridgehead atoms. The molecule has 0 fully saturated rings. The van der Waals surface area contributed by atoms with E-state index in [-0.39, 0.29) is 17.9 Å². The lowest BCUT2D eigenvalue weighted by molar-refractivity contribution is 0.174. The number of nitrogens with zero attached hydrogens (tertiary/aromatic N) is 2. The summed E-state index contributed by atoms with van der Waals surface area (Å²) in [7, 11) is 0. The zero-order chi connectivity index (χ0) is 14.3. The number of hydrogen-bond donors (Lipinski definition) is 0. The Hall–Kier alpha value is -2.74. The largest absolute Gasteiger partial charge is 0.454 e. The molecular weight excluding hydrogens is 256 g/mol. The van der Waals surface area contributed by atoms with Gasteiger partial charge in [0.05, 0.1) is 5.69 Å². The summed E-state index contributed by atoms with van der Waals surface area (Å²) in [5, 5.41) is 9.14. The maximum atomic E-state index is 12.3. The zero-order valence-electron chi connectivity index (χ0n) is 11.1. The van der Waals surface area contributed by atoms with Gasteiger partial charge in [-0.3, -0.25) is 9.36 Å². The Kier molecular flexibility index (Phi) is 2.72. The molecule has 0 saturated heterocycles. The number of nitriles is 1. The number of aryl methyl sites for hydroxylation is 1. The van der Waals surface area contributed by atoms with Crippen molar-refractivity contribution in [2.45, 2.75) is 13.8 Å². The third-order valence-corrected chi connectivity index (χ3v) is 3.47. The molecule has 5 heteroatoms. The normalized spacial score (nSPS) is 12.2. The smallest absolute Gasteiger partial charge is 0.273 e. The summed E-state index contributed by atoms with van der Waals surface area (Å²) >= 11 is 0. The third kappa shape index (κ3) is 1.74. The number of ether oxygens (including phenoxy) is 2. The monoisotopic (exact) mass is 268 g/mol. The highest BCUT2D eigenvalue weighted by atomic mass is 16.7. The zero-order valence-corrected chi connectivity index (χ0v) is 11.1. The molecule has 1 aliphatic rings. The van der Waals surface area contributed by atoms with Gasteiger partial charge < -0.3 is 9.47 Å².